The summed E-state index contributed by atoms with van der Waals surface area (Å²) >= 11 is 0. The molecule has 1 fully saturated rings. The quantitative estimate of drug-likeness (QED) is 0.755. The van der Waals surface area contributed by atoms with Crippen LogP contribution in [0.1, 0.15) is 19.3 Å². The van der Waals surface area contributed by atoms with Crippen molar-refractivity contribution in [2.24, 2.45) is 0 Å². The number of hydrogen-bond donors (Lipinski definition) is 1. The van der Waals surface area contributed by atoms with Crippen LogP contribution >= 0.6 is 0 Å². The zero-order valence-electron chi connectivity index (χ0n) is 8.69. The minimum Gasteiger partial charge on any atom is -0.332 e. The standard InChI is InChI=1S/C9H14F4N2O/c10-7(11)9(12,13)6-14-8(16)15-4-2-1-3-5-15/h7H,1-6H2,(H,14,16). The highest BCUT2D eigenvalue weighted by Crippen LogP contribution is 2.21. The highest BCUT2D eigenvalue weighted by Gasteiger charge is 2.41. The smallest absolute Gasteiger partial charge is 0.324 e. The van der Waals surface area contributed by atoms with Gasteiger partial charge in [0.15, 0.2) is 0 Å². The Kier molecular flexibility index (Phi) is 4.37. The largest absolute Gasteiger partial charge is 0.332 e. The number of urea groups is 1. The van der Waals surface area contributed by atoms with E-state index in [2.05, 4.69) is 0 Å². The maximum Gasteiger partial charge on any atom is 0.324 e. The lowest BCUT2D eigenvalue weighted by molar-refractivity contribution is -0.123. The van der Waals surface area contributed by atoms with Gasteiger partial charge in [0.05, 0.1) is 6.54 Å². The summed E-state index contributed by atoms with van der Waals surface area (Å²) in [7, 11) is 0. The molecule has 0 aromatic heterocycles. The predicted octanol–water partition coefficient (Wildman–Crippen LogP) is 2.08. The van der Waals surface area contributed by atoms with Crippen LogP contribution in [0.15, 0.2) is 0 Å². The number of carbonyl (C=O) groups excluding carboxylic acids is 1. The number of rotatable bonds is 3. The minimum atomic E-state index is -4.16. The lowest BCUT2D eigenvalue weighted by Gasteiger charge is -2.27. The van der Waals surface area contributed by atoms with Gasteiger partial charge >= 0.3 is 18.4 Å². The summed E-state index contributed by atoms with van der Waals surface area (Å²) in [6.45, 7) is -0.335. The van der Waals surface area contributed by atoms with E-state index >= 15 is 0 Å². The molecule has 3 nitrogen and oxygen atoms in total. The molecule has 0 unspecified atom stereocenters. The van der Waals surface area contributed by atoms with Crippen molar-refractivity contribution in [1.82, 2.24) is 10.2 Å². The van der Waals surface area contributed by atoms with Crippen molar-refractivity contribution in [3.8, 4) is 0 Å². The molecule has 1 rings (SSSR count). The number of likely N-dealkylation sites (tertiary alicyclic amines) is 1. The van der Waals surface area contributed by atoms with Crippen molar-refractivity contribution in [1.29, 1.82) is 0 Å². The van der Waals surface area contributed by atoms with E-state index in [1.165, 1.54) is 4.90 Å². The van der Waals surface area contributed by atoms with Crippen LogP contribution in [-0.2, 0) is 0 Å². The zero-order chi connectivity index (χ0) is 12.2. The van der Waals surface area contributed by atoms with Crippen molar-refractivity contribution >= 4 is 6.03 Å². The molecular formula is C9H14F4N2O. The second-order valence-electron chi connectivity index (χ2n) is 3.77. The third-order valence-electron chi connectivity index (χ3n) is 2.44. The Hall–Kier alpha value is -1.01. The highest BCUT2D eigenvalue weighted by molar-refractivity contribution is 5.74. The molecule has 0 radical (unpaired) electrons. The fraction of sp³-hybridized carbons (Fsp3) is 0.889. The van der Waals surface area contributed by atoms with Crippen molar-refractivity contribution in [3.05, 3.63) is 0 Å². The number of carbonyl (C=O) groups is 1. The molecule has 0 saturated carbocycles. The van der Waals surface area contributed by atoms with Gasteiger partial charge in [-0.05, 0) is 19.3 Å². The normalized spacial score (nSPS) is 17.7. The van der Waals surface area contributed by atoms with Crippen molar-refractivity contribution in [3.63, 3.8) is 0 Å². The van der Waals surface area contributed by atoms with Crippen molar-refractivity contribution < 1.29 is 22.4 Å². The van der Waals surface area contributed by atoms with Gasteiger partial charge in [0, 0.05) is 13.1 Å². The molecule has 7 heteroatoms. The minimum absolute atomic E-state index is 0.492. The second-order valence-corrected chi connectivity index (χ2v) is 3.77. The average Bonchev–Trinajstić information content (AvgIpc) is 2.27. The SMILES string of the molecule is O=C(NCC(F)(F)C(F)F)N1CCCCC1. The Morgan fingerprint density at radius 1 is 1.25 bits per heavy atom. The Labute approximate surface area is 90.8 Å². The summed E-state index contributed by atoms with van der Waals surface area (Å²) in [6, 6.07) is -0.694. The summed E-state index contributed by atoms with van der Waals surface area (Å²) in [5, 5.41) is 1.83. The van der Waals surface area contributed by atoms with E-state index in [1.807, 2.05) is 5.32 Å². The fourth-order valence-corrected chi connectivity index (χ4v) is 1.48. The third kappa shape index (κ3) is 3.53. The third-order valence-corrected chi connectivity index (χ3v) is 2.44. The molecule has 0 atom stereocenters. The van der Waals surface area contributed by atoms with Gasteiger partial charge in [-0.25, -0.2) is 13.6 Å². The van der Waals surface area contributed by atoms with Gasteiger partial charge in [-0.1, -0.05) is 0 Å². The van der Waals surface area contributed by atoms with Crippen LogP contribution < -0.4 is 5.32 Å². The number of amides is 2. The molecule has 94 valence electrons. The van der Waals surface area contributed by atoms with Crippen LogP contribution in [-0.4, -0.2) is 42.9 Å². The van der Waals surface area contributed by atoms with Crippen molar-refractivity contribution in [2.75, 3.05) is 19.6 Å². The first-order chi connectivity index (χ1) is 7.43. The van der Waals surface area contributed by atoms with E-state index in [-0.39, 0.29) is 0 Å². The number of nitrogens with zero attached hydrogens (tertiary/aromatic N) is 1. The van der Waals surface area contributed by atoms with E-state index in [9.17, 15) is 22.4 Å². The highest BCUT2D eigenvalue weighted by atomic mass is 19.3. The number of hydrogen-bond acceptors (Lipinski definition) is 1. The Morgan fingerprint density at radius 3 is 2.31 bits per heavy atom. The van der Waals surface area contributed by atoms with Crippen LogP contribution in [0.25, 0.3) is 0 Å². The van der Waals surface area contributed by atoms with Gasteiger partial charge in [-0.3, -0.25) is 0 Å². The average molecular weight is 242 g/mol. The lowest BCUT2D eigenvalue weighted by atomic mass is 10.1. The first-order valence-electron chi connectivity index (χ1n) is 5.12. The van der Waals surface area contributed by atoms with Crippen LogP contribution in [0.4, 0.5) is 22.4 Å². The number of nitrogens with one attached hydrogen (secondary N) is 1. The Bertz CT molecular complexity index is 242. The van der Waals surface area contributed by atoms with Crippen molar-refractivity contribution in [2.45, 2.75) is 31.6 Å². The van der Waals surface area contributed by atoms with Gasteiger partial charge in [0.2, 0.25) is 0 Å². The van der Waals surface area contributed by atoms with Crippen LogP contribution in [0.5, 0.6) is 0 Å². The topological polar surface area (TPSA) is 32.3 Å². The van der Waals surface area contributed by atoms with Gasteiger partial charge in [-0.2, -0.15) is 8.78 Å². The van der Waals surface area contributed by atoms with E-state index in [0.717, 1.165) is 19.3 Å². The maximum atomic E-state index is 12.5. The molecule has 0 aromatic carbocycles. The molecule has 1 N–H and O–H groups in total. The summed E-state index contributed by atoms with van der Waals surface area (Å²) in [5.41, 5.74) is 0. The van der Waals surface area contributed by atoms with E-state index in [1.54, 1.807) is 0 Å². The number of halogens is 4. The van der Waals surface area contributed by atoms with Crippen LogP contribution in [0.3, 0.4) is 0 Å². The van der Waals surface area contributed by atoms with Gasteiger partial charge in [0.25, 0.3) is 0 Å². The lowest BCUT2D eigenvalue weighted by Crippen LogP contribution is -2.48. The summed E-state index contributed by atoms with van der Waals surface area (Å²) < 4.78 is 48.6. The molecular weight excluding hydrogens is 228 g/mol. The van der Waals surface area contributed by atoms with Crippen LogP contribution in [0, 0.1) is 0 Å². The summed E-state index contributed by atoms with van der Waals surface area (Å²) in [4.78, 5) is 12.7. The molecule has 0 spiro atoms. The monoisotopic (exact) mass is 242 g/mol. The molecule has 1 aliphatic heterocycles. The molecule has 16 heavy (non-hydrogen) atoms. The number of piperidine rings is 1. The molecule has 0 aromatic rings. The Balaban J connectivity index is 2.34. The van der Waals surface area contributed by atoms with Gasteiger partial charge < -0.3 is 10.2 Å². The molecule has 1 saturated heterocycles. The molecule has 1 aliphatic rings. The van der Waals surface area contributed by atoms with E-state index in [4.69, 9.17) is 0 Å². The molecule has 1 heterocycles. The van der Waals surface area contributed by atoms with Gasteiger partial charge in [0.1, 0.15) is 0 Å². The van der Waals surface area contributed by atoms with Gasteiger partial charge in [-0.15, -0.1) is 0 Å². The summed E-state index contributed by atoms with van der Waals surface area (Å²) in [6.07, 6.45) is -1.12. The summed E-state index contributed by atoms with van der Waals surface area (Å²) in [5.74, 6) is -4.16. The number of alkyl halides is 4. The predicted molar refractivity (Wildman–Crippen MR) is 49.8 cm³/mol. The Morgan fingerprint density at radius 2 is 1.81 bits per heavy atom. The molecule has 0 bridgehead atoms. The maximum absolute atomic E-state index is 12.5. The second kappa shape index (κ2) is 5.36. The molecule has 0 aliphatic carbocycles. The fourth-order valence-electron chi connectivity index (χ4n) is 1.48. The zero-order valence-corrected chi connectivity index (χ0v) is 8.69. The van der Waals surface area contributed by atoms with E-state index < -0.39 is 24.9 Å². The van der Waals surface area contributed by atoms with Crippen LogP contribution in [0.2, 0.25) is 0 Å². The first-order valence-corrected chi connectivity index (χ1v) is 5.12. The first kappa shape index (κ1) is 13.1. The van der Waals surface area contributed by atoms with E-state index in [0.29, 0.717) is 13.1 Å². The molecule has 2 amide bonds.